The van der Waals surface area contributed by atoms with E-state index < -0.39 is 29.6 Å². The molecule has 1 atom stereocenters. The van der Waals surface area contributed by atoms with E-state index in [1.165, 1.54) is 0 Å². The van der Waals surface area contributed by atoms with Gasteiger partial charge in [0.05, 0.1) is 6.42 Å². The summed E-state index contributed by atoms with van der Waals surface area (Å²) in [6.07, 6.45) is -2.54. The molecule has 0 heterocycles. The van der Waals surface area contributed by atoms with Crippen molar-refractivity contribution in [1.82, 2.24) is 0 Å². The second-order valence-corrected chi connectivity index (χ2v) is 1.69. The Hall–Kier alpha value is -1.90. The van der Waals surface area contributed by atoms with E-state index in [0.717, 1.165) is 0 Å². The molecular formula is C4H7NO8. The van der Waals surface area contributed by atoms with Crippen molar-refractivity contribution < 1.29 is 35.2 Å². The van der Waals surface area contributed by atoms with Crippen molar-refractivity contribution >= 4 is 11.9 Å². The molecule has 76 valence electrons. The van der Waals surface area contributed by atoms with Crippen molar-refractivity contribution in [1.29, 1.82) is 0 Å². The standard InChI is InChI=1S/C4H6O5.HNO3/c5-2(4(8)9)1-3(6)7;2-1(3)4/h2,5H,1H2,(H,6,7)(H,8,9);(H,2,3,4). The molecule has 4 N–H and O–H groups in total. The van der Waals surface area contributed by atoms with Gasteiger partial charge < -0.3 is 20.5 Å². The first-order chi connectivity index (χ1) is 5.77. The predicted octanol–water partition coefficient (Wildman–Crippen LogP) is -1.44. The van der Waals surface area contributed by atoms with Crippen LogP contribution in [0.5, 0.6) is 0 Å². The molecule has 0 aromatic rings. The van der Waals surface area contributed by atoms with Crippen LogP contribution in [0.1, 0.15) is 6.42 Å². The second-order valence-electron chi connectivity index (χ2n) is 1.69. The number of aliphatic hydroxyl groups is 1. The average Bonchev–Trinajstić information content (AvgIpc) is 1.83. The molecule has 13 heavy (non-hydrogen) atoms. The van der Waals surface area contributed by atoms with Gasteiger partial charge in [-0.3, -0.25) is 4.79 Å². The van der Waals surface area contributed by atoms with E-state index in [-0.39, 0.29) is 0 Å². The van der Waals surface area contributed by atoms with Crippen molar-refractivity contribution in [2.45, 2.75) is 12.5 Å². The van der Waals surface area contributed by atoms with Gasteiger partial charge in [0.2, 0.25) is 0 Å². The van der Waals surface area contributed by atoms with Crippen LogP contribution in [0.3, 0.4) is 0 Å². The zero-order valence-corrected chi connectivity index (χ0v) is 6.15. The van der Waals surface area contributed by atoms with Crippen molar-refractivity contribution in [2.24, 2.45) is 0 Å². The summed E-state index contributed by atoms with van der Waals surface area (Å²) in [6.45, 7) is 0. The number of aliphatic hydroxyl groups excluding tert-OH is 1. The lowest BCUT2D eigenvalue weighted by atomic mass is 10.3. The molecule has 1 unspecified atom stereocenters. The molecule has 0 saturated carbocycles. The van der Waals surface area contributed by atoms with Crippen LogP contribution in [-0.2, 0) is 9.59 Å². The Bertz CT molecular complexity index is 196. The Balaban J connectivity index is 0. The van der Waals surface area contributed by atoms with Crippen LogP contribution in [-0.4, -0.2) is 43.7 Å². The van der Waals surface area contributed by atoms with Crippen molar-refractivity contribution in [3.8, 4) is 0 Å². The number of carboxylic acids is 2. The third-order valence-electron chi connectivity index (χ3n) is 0.653. The summed E-state index contributed by atoms with van der Waals surface area (Å²) in [4.78, 5) is 27.8. The monoisotopic (exact) mass is 197 g/mol. The molecule has 9 nitrogen and oxygen atoms in total. The molecule has 0 aliphatic carbocycles. The minimum Gasteiger partial charge on any atom is -0.481 e. The van der Waals surface area contributed by atoms with Gasteiger partial charge in [0.25, 0.3) is 5.09 Å². The smallest absolute Gasteiger partial charge is 0.333 e. The highest BCUT2D eigenvalue weighted by Crippen LogP contribution is 1.89. The number of hydrogen-bond acceptors (Lipinski definition) is 5. The van der Waals surface area contributed by atoms with Crippen LogP contribution >= 0.6 is 0 Å². The molecule has 0 bridgehead atoms. The highest BCUT2D eigenvalue weighted by molar-refractivity contribution is 5.79. The van der Waals surface area contributed by atoms with Gasteiger partial charge >= 0.3 is 11.9 Å². The first-order valence-corrected chi connectivity index (χ1v) is 2.73. The summed E-state index contributed by atoms with van der Waals surface area (Å²) in [7, 11) is 0. The van der Waals surface area contributed by atoms with E-state index in [4.69, 9.17) is 30.6 Å². The van der Waals surface area contributed by atoms with Gasteiger partial charge in [-0.25, -0.2) is 4.79 Å². The van der Waals surface area contributed by atoms with Gasteiger partial charge in [0.1, 0.15) is 0 Å². The SMILES string of the molecule is O=C(O)CC(O)C(=O)O.O=[N+]([O-])O. The molecule has 0 saturated heterocycles. The van der Waals surface area contributed by atoms with E-state index in [0.29, 0.717) is 0 Å². The van der Waals surface area contributed by atoms with Crippen LogP contribution in [0.25, 0.3) is 0 Å². The lowest BCUT2D eigenvalue weighted by molar-refractivity contribution is -0.742. The van der Waals surface area contributed by atoms with E-state index >= 15 is 0 Å². The number of carboxylic acid groups (broad SMARTS) is 2. The van der Waals surface area contributed by atoms with Gasteiger partial charge in [0.15, 0.2) is 6.10 Å². The lowest BCUT2D eigenvalue weighted by Gasteiger charge is -1.97. The van der Waals surface area contributed by atoms with Crippen LogP contribution in [0.4, 0.5) is 0 Å². The molecule has 9 heteroatoms. The van der Waals surface area contributed by atoms with Gasteiger partial charge in [-0.1, -0.05) is 0 Å². The zero-order valence-electron chi connectivity index (χ0n) is 6.15. The van der Waals surface area contributed by atoms with Crippen LogP contribution in [0.2, 0.25) is 0 Å². The molecular weight excluding hydrogens is 190 g/mol. The third kappa shape index (κ3) is 17.8. The molecule has 0 rings (SSSR count). The fraction of sp³-hybridized carbons (Fsp3) is 0.500. The highest BCUT2D eigenvalue weighted by Gasteiger charge is 2.16. The fourth-order valence-corrected chi connectivity index (χ4v) is 0.253. The fourth-order valence-electron chi connectivity index (χ4n) is 0.253. The number of hydrogen-bond donors (Lipinski definition) is 4. The number of aliphatic carboxylic acids is 2. The molecule has 0 amide bonds. The lowest BCUT2D eigenvalue weighted by Crippen LogP contribution is -2.22. The Labute approximate surface area is 70.9 Å². The maximum atomic E-state index is 9.72. The van der Waals surface area contributed by atoms with Gasteiger partial charge in [-0.2, -0.15) is 0 Å². The minimum atomic E-state index is -1.79. The Kier molecular flexibility index (Phi) is 7.14. The van der Waals surface area contributed by atoms with E-state index in [1.54, 1.807) is 0 Å². The molecule has 0 aliphatic rings. The van der Waals surface area contributed by atoms with Gasteiger partial charge in [-0.05, 0) is 0 Å². The Morgan fingerprint density at radius 1 is 1.38 bits per heavy atom. The summed E-state index contributed by atoms with van der Waals surface area (Å²) in [5.41, 5.74) is 0. The molecule has 0 aromatic carbocycles. The Morgan fingerprint density at radius 2 is 1.69 bits per heavy atom. The van der Waals surface area contributed by atoms with Gasteiger partial charge in [0, 0.05) is 0 Å². The molecule has 0 fully saturated rings. The molecule has 0 spiro atoms. The summed E-state index contributed by atoms with van der Waals surface area (Å²) in [5.74, 6) is -2.85. The van der Waals surface area contributed by atoms with E-state index in [2.05, 4.69) is 0 Å². The number of nitrogens with zero attached hydrogens (tertiary/aromatic N) is 1. The second kappa shape index (κ2) is 6.79. The first-order valence-electron chi connectivity index (χ1n) is 2.73. The quantitative estimate of drug-likeness (QED) is 0.316. The number of carbonyl (C=O) groups is 2. The molecule has 0 radical (unpaired) electrons. The maximum absolute atomic E-state index is 9.72. The first kappa shape index (κ1) is 13.7. The normalized spacial score (nSPS) is 10.5. The maximum Gasteiger partial charge on any atom is 0.333 e. The molecule has 0 aliphatic heterocycles. The third-order valence-corrected chi connectivity index (χ3v) is 0.653. The van der Waals surface area contributed by atoms with Crippen LogP contribution in [0, 0.1) is 10.1 Å². The summed E-state index contributed by atoms with van der Waals surface area (Å²) >= 11 is 0. The van der Waals surface area contributed by atoms with E-state index in [9.17, 15) is 9.59 Å². The Morgan fingerprint density at radius 3 is 1.77 bits per heavy atom. The largest absolute Gasteiger partial charge is 0.481 e. The highest BCUT2D eigenvalue weighted by atomic mass is 16.9. The van der Waals surface area contributed by atoms with Crippen molar-refractivity contribution in [2.75, 3.05) is 0 Å². The topological polar surface area (TPSA) is 158 Å². The summed E-state index contributed by atoms with van der Waals surface area (Å²) < 4.78 is 0. The van der Waals surface area contributed by atoms with Crippen molar-refractivity contribution in [3.63, 3.8) is 0 Å². The van der Waals surface area contributed by atoms with Gasteiger partial charge in [-0.15, -0.1) is 10.1 Å². The molecule has 0 aromatic heterocycles. The minimum absolute atomic E-state index is 0.755. The van der Waals surface area contributed by atoms with Crippen LogP contribution in [0.15, 0.2) is 0 Å². The van der Waals surface area contributed by atoms with E-state index in [1.807, 2.05) is 0 Å². The predicted molar refractivity (Wildman–Crippen MR) is 34.7 cm³/mol. The number of rotatable bonds is 3. The summed E-state index contributed by atoms with van der Waals surface area (Å²) in [6, 6.07) is 0. The van der Waals surface area contributed by atoms with Crippen LogP contribution < -0.4 is 0 Å². The summed E-state index contributed by atoms with van der Waals surface area (Å²) in [5, 5.41) is 37.8. The zero-order chi connectivity index (χ0) is 11.0. The average molecular weight is 197 g/mol. The van der Waals surface area contributed by atoms with Crippen molar-refractivity contribution in [3.05, 3.63) is 10.1 Å².